The van der Waals surface area contributed by atoms with Crippen LogP contribution < -0.4 is 5.73 Å². The Bertz CT molecular complexity index is 569. The Morgan fingerprint density at radius 1 is 1.16 bits per heavy atom. The first kappa shape index (κ1) is 14.0. The molecule has 1 aromatic heterocycles. The number of nitrogens with zero attached hydrogens (tertiary/aromatic N) is 2. The molecule has 0 spiro atoms. The van der Waals surface area contributed by atoms with E-state index in [-0.39, 0.29) is 6.04 Å². The Morgan fingerprint density at radius 3 is 2.63 bits per heavy atom. The summed E-state index contributed by atoms with van der Waals surface area (Å²) in [5.74, 6) is 0.784. The smallest absolute Gasteiger partial charge is 0.187 e. The van der Waals surface area contributed by atoms with Gasteiger partial charge in [0, 0.05) is 23.7 Å². The summed E-state index contributed by atoms with van der Waals surface area (Å²) >= 11 is 1.60. The quantitative estimate of drug-likeness (QED) is 0.686. The van der Waals surface area contributed by atoms with Crippen molar-refractivity contribution in [2.75, 3.05) is 5.75 Å². The van der Waals surface area contributed by atoms with Gasteiger partial charge in [0.2, 0.25) is 0 Å². The molecule has 1 aromatic carbocycles. The summed E-state index contributed by atoms with van der Waals surface area (Å²) in [7, 11) is 0. The molecule has 19 heavy (non-hydrogen) atoms. The third-order valence-electron chi connectivity index (χ3n) is 3.12. The molecule has 0 aliphatic rings. The minimum absolute atomic E-state index is 0.00779. The van der Waals surface area contributed by atoms with Gasteiger partial charge in [0.15, 0.2) is 5.16 Å². The van der Waals surface area contributed by atoms with Gasteiger partial charge in [-0.15, -0.1) is 0 Å². The average Bonchev–Trinajstić information content (AvgIpc) is 2.39. The molecule has 2 aromatic rings. The van der Waals surface area contributed by atoms with Gasteiger partial charge in [-0.05, 0) is 43.5 Å². The first-order valence-corrected chi connectivity index (χ1v) is 7.30. The molecule has 4 heteroatoms. The van der Waals surface area contributed by atoms with E-state index in [1.165, 1.54) is 16.7 Å². The van der Waals surface area contributed by atoms with Crippen LogP contribution >= 0.6 is 11.8 Å². The Balaban J connectivity index is 2.01. The number of aromatic nitrogens is 2. The topological polar surface area (TPSA) is 51.8 Å². The summed E-state index contributed by atoms with van der Waals surface area (Å²) in [6, 6.07) is 8.29. The maximum Gasteiger partial charge on any atom is 0.187 e. The van der Waals surface area contributed by atoms with Crippen molar-refractivity contribution in [3.8, 4) is 0 Å². The number of benzene rings is 1. The van der Waals surface area contributed by atoms with Crippen LogP contribution in [0.25, 0.3) is 0 Å². The number of rotatable bonds is 4. The lowest BCUT2D eigenvalue weighted by molar-refractivity contribution is 0.823. The number of aryl methyl sites for hydroxylation is 3. The lowest BCUT2D eigenvalue weighted by Crippen LogP contribution is -2.13. The Kier molecular flexibility index (Phi) is 4.56. The first-order chi connectivity index (χ1) is 9.06. The van der Waals surface area contributed by atoms with Gasteiger partial charge in [0.1, 0.15) is 0 Å². The fraction of sp³-hybridized carbons (Fsp3) is 0.333. The molecule has 100 valence electrons. The molecule has 2 N–H and O–H groups in total. The van der Waals surface area contributed by atoms with Gasteiger partial charge in [-0.3, -0.25) is 0 Å². The van der Waals surface area contributed by atoms with Crippen LogP contribution in [-0.2, 0) is 0 Å². The van der Waals surface area contributed by atoms with Crippen molar-refractivity contribution >= 4 is 11.8 Å². The predicted molar refractivity (Wildman–Crippen MR) is 80.3 cm³/mol. The van der Waals surface area contributed by atoms with Crippen LogP contribution in [0.1, 0.15) is 28.4 Å². The van der Waals surface area contributed by atoms with Gasteiger partial charge in [-0.1, -0.05) is 30.0 Å². The van der Waals surface area contributed by atoms with E-state index in [1.807, 2.05) is 13.0 Å². The van der Waals surface area contributed by atoms with Crippen LogP contribution in [0.2, 0.25) is 0 Å². The van der Waals surface area contributed by atoms with Crippen molar-refractivity contribution in [3.63, 3.8) is 0 Å². The van der Waals surface area contributed by atoms with Crippen LogP contribution in [0.15, 0.2) is 35.6 Å². The van der Waals surface area contributed by atoms with Gasteiger partial charge < -0.3 is 5.73 Å². The Hall–Kier alpha value is -1.39. The minimum atomic E-state index is 0.00779. The van der Waals surface area contributed by atoms with Gasteiger partial charge in [0.05, 0.1) is 0 Å². The first-order valence-electron chi connectivity index (χ1n) is 6.31. The highest BCUT2D eigenvalue weighted by molar-refractivity contribution is 7.99. The molecular formula is C15H19N3S. The molecule has 1 atom stereocenters. The maximum absolute atomic E-state index is 6.22. The standard InChI is InChI=1S/C15H19N3S/c1-10-4-5-13(8-11(10)2)14(16)9-19-15-17-7-6-12(3)18-15/h4-8,14H,9,16H2,1-3H3. The van der Waals surface area contributed by atoms with E-state index in [0.29, 0.717) is 0 Å². The van der Waals surface area contributed by atoms with Crippen molar-refractivity contribution in [3.05, 3.63) is 52.8 Å². The van der Waals surface area contributed by atoms with Crippen LogP contribution in [0.5, 0.6) is 0 Å². The molecule has 0 saturated carbocycles. The molecule has 0 aliphatic carbocycles. The summed E-state index contributed by atoms with van der Waals surface area (Å²) < 4.78 is 0. The second-order valence-electron chi connectivity index (χ2n) is 4.74. The van der Waals surface area contributed by atoms with Gasteiger partial charge in [-0.2, -0.15) is 0 Å². The van der Waals surface area contributed by atoms with Crippen LogP contribution in [-0.4, -0.2) is 15.7 Å². The van der Waals surface area contributed by atoms with Crippen molar-refractivity contribution in [1.82, 2.24) is 9.97 Å². The fourth-order valence-corrected chi connectivity index (χ4v) is 2.62. The summed E-state index contributed by atoms with van der Waals surface area (Å²) in [6.45, 7) is 6.19. The molecular weight excluding hydrogens is 254 g/mol. The van der Waals surface area contributed by atoms with E-state index >= 15 is 0 Å². The van der Waals surface area contributed by atoms with Crippen molar-refractivity contribution in [2.24, 2.45) is 5.73 Å². The number of hydrogen-bond donors (Lipinski definition) is 1. The van der Waals surface area contributed by atoms with E-state index in [2.05, 4.69) is 42.0 Å². The van der Waals surface area contributed by atoms with E-state index in [9.17, 15) is 0 Å². The molecule has 0 bridgehead atoms. The Labute approximate surface area is 118 Å². The zero-order valence-corrected chi connectivity index (χ0v) is 12.4. The predicted octanol–water partition coefficient (Wildman–Crippen LogP) is 3.19. The lowest BCUT2D eigenvalue weighted by atomic mass is 10.0. The molecule has 0 radical (unpaired) electrons. The van der Waals surface area contributed by atoms with Crippen LogP contribution in [0.3, 0.4) is 0 Å². The zero-order valence-electron chi connectivity index (χ0n) is 11.6. The molecule has 0 saturated heterocycles. The molecule has 3 nitrogen and oxygen atoms in total. The summed E-state index contributed by atoms with van der Waals surface area (Å²) in [6.07, 6.45) is 1.78. The monoisotopic (exact) mass is 273 g/mol. The molecule has 0 amide bonds. The normalized spacial score (nSPS) is 12.4. The van der Waals surface area contributed by atoms with E-state index in [1.54, 1.807) is 18.0 Å². The van der Waals surface area contributed by atoms with Crippen LogP contribution in [0, 0.1) is 20.8 Å². The molecule has 1 unspecified atom stereocenters. The van der Waals surface area contributed by atoms with Crippen LogP contribution in [0.4, 0.5) is 0 Å². The third kappa shape index (κ3) is 3.78. The zero-order chi connectivity index (χ0) is 13.8. The second-order valence-corrected chi connectivity index (χ2v) is 5.73. The average molecular weight is 273 g/mol. The fourth-order valence-electron chi connectivity index (χ4n) is 1.75. The van der Waals surface area contributed by atoms with Gasteiger partial charge in [-0.25, -0.2) is 9.97 Å². The van der Waals surface area contributed by atoms with E-state index < -0.39 is 0 Å². The SMILES string of the molecule is Cc1ccnc(SCC(N)c2ccc(C)c(C)c2)n1. The molecule has 0 fully saturated rings. The second kappa shape index (κ2) is 6.17. The van der Waals surface area contributed by atoms with E-state index in [4.69, 9.17) is 5.73 Å². The molecule has 0 aliphatic heterocycles. The highest BCUT2D eigenvalue weighted by Crippen LogP contribution is 2.22. The maximum atomic E-state index is 6.22. The summed E-state index contributed by atoms with van der Waals surface area (Å²) in [5.41, 5.74) is 11.0. The van der Waals surface area contributed by atoms with Gasteiger partial charge in [0.25, 0.3) is 0 Å². The minimum Gasteiger partial charge on any atom is -0.323 e. The van der Waals surface area contributed by atoms with Crippen molar-refractivity contribution in [2.45, 2.75) is 32.0 Å². The summed E-state index contributed by atoms with van der Waals surface area (Å²) in [5, 5.41) is 0.791. The van der Waals surface area contributed by atoms with Gasteiger partial charge >= 0.3 is 0 Å². The molecule has 1 heterocycles. The lowest BCUT2D eigenvalue weighted by Gasteiger charge is -2.13. The third-order valence-corrected chi connectivity index (χ3v) is 4.10. The van der Waals surface area contributed by atoms with Crippen molar-refractivity contribution < 1.29 is 0 Å². The van der Waals surface area contributed by atoms with Crippen molar-refractivity contribution in [1.29, 1.82) is 0 Å². The largest absolute Gasteiger partial charge is 0.323 e. The molecule has 2 rings (SSSR count). The number of nitrogens with two attached hydrogens (primary N) is 1. The summed E-state index contributed by atoms with van der Waals surface area (Å²) in [4.78, 5) is 8.60. The number of thioether (sulfide) groups is 1. The number of hydrogen-bond acceptors (Lipinski definition) is 4. The Morgan fingerprint density at radius 2 is 1.95 bits per heavy atom. The highest BCUT2D eigenvalue weighted by atomic mass is 32.2. The highest BCUT2D eigenvalue weighted by Gasteiger charge is 2.09. The van der Waals surface area contributed by atoms with E-state index in [0.717, 1.165) is 16.6 Å².